The average Bonchev–Trinajstić information content (AvgIpc) is 2.45. The highest BCUT2D eigenvalue weighted by atomic mass is 16.6. The number of para-hydroxylation sites is 1. The summed E-state index contributed by atoms with van der Waals surface area (Å²) < 4.78 is 0.882. The fraction of sp³-hybridized carbons (Fsp3) is 0.231. The third kappa shape index (κ3) is 2.55. The summed E-state index contributed by atoms with van der Waals surface area (Å²) in [5.74, 6) is 0.180. The highest BCUT2D eigenvalue weighted by Crippen LogP contribution is 2.30. The van der Waals surface area contributed by atoms with Gasteiger partial charge in [0.15, 0.2) is 0 Å². The second-order valence-electron chi connectivity index (χ2n) is 4.35. The lowest BCUT2D eigenvalue weighted by atomic mass is 10.1. The van der Waals surface area contributed by atoms with Crippen LogP contribution in [-0.4, -0.2) is 21.0 Å². The highest BCUT2D eigenvalue weighted by Gasteiger charge is 2.21. The van der Waals surface area contributed by atoms with E-state index in [-0.39, 0.29) is 22.6 Å². The minimum Gasteiger partial charge on any atom is -0.371 e. The Balaban J connectivity index is 2.86. The van der Waals surface area contributed by atoms with Gasteiger partial charge in [0, 0.05) is 19.7 Å². The summed E-state index contributed by atoms with van der Waals surface area (Å²) in [5, 5.41) is 14.0. The fourth-order valence-corrected chi connectivity index (χ4v) is 2.02. The largest absolute Gasteiger partial charge is 0.371 e. The number of benzene rings is 1. The summed E-state index contributed by atoms with van der Waals surface area (Å²) in [5.41, 5.74) is -1.13. The molecule has 2 aromatic rings. The van der Waals surface area contributed by atoms with E-state index in [0.717, 1.165) is 4.57 Å². The molecule has 0 spiro atoms. The number of H-pyrrole nitrogens is 1. The van der Waals surface area contributed by atoms with Gasteiger partial charge in [0.1, 0.15) is 5.82 Å². The molecule has 0 amide bonds. The number of nitrogens with zero attached hydrogens (tertiary/aromatic N) is 2. The summed E-state index contributed by atoms with van der Waals surface area (Å²) in [6.45, 7) is 2.25. The smallest absolute Gasteiger partial charge is 0.329 e. The van der Waals surface area contributed by atoms with Crippen molar-refractivity contribution in [2.45, 2.75) is 6.92 Å². The minimum absolute atomic E-state index is 0.0752. The molecular formula is C13H14N4O4. The molecule has 0 atom stereocenters. The van der Waals surface area contributed by atoms with E-state index in [2.05, 4.69) is 10.3 Å². The number of anilines is 1. The Bertz CT molecular complexity index is 807. The molecule has 2 rings (SSSR count). The van der Waals surface area contributed by atoms with Crippen LogP contribution in [0.25, 0.3) is 11.1 Å². The van der Waals surface area contributed by atoms with E-state index in [1.807, 2.05) is 0 Å². The maximum absolute atomic E-state index is 12.3. The normalized spacial score (nSPS) is 10.4. The molecular weight excluding hydrogens is 276 g/mol. The molecule has 8 nitrogen and oxygen atoms in total. The molecule has 0 saturated heterocycles. The lowest BCUT2D eigenvalue weighted by Gasteiger charge is -2.11. The van der Waals surface area contributed by atoms with Gasteiger partial charge in [0.2, 0.25) is 0 Å². The number of nitrogens with one attached hydrogen (secondary N) is 2. The first-order chi connectivity index (χ1) is 9.97. The Hall–Kier alpha value is -2.90. The van der Waals surface area contributed by atoms with E-state index in [9.17, 15) is 19.7 Å². The van der Waals surface area contributed by atoms with Gasteiger partial charge < -0.3 is 5.32 Å². The van der Waals surface area contributed by atoms with Crippen LogP contribution in [0.4, 0.5) is 11.5 Å². The Kier molecular flexibility index (Phi) is 3.88. The monoisotopic (exact) mass is 290 g/mol. The molecule has 0 saturated carbocycles. The SMILES string of the molecule is CCNc1[nH]c(=O)n(C)c(=O)c1-c1ccccc1[N+](=O)[O-]. The number of aromatic nitrogens is 2. The van der Waals surface area contributed by atoms with Crippen LogP contribution >= 0.6 is 0 Å². The lowest BCUT2D eigenvalue weighted by molar-refractivity contribution is -0.384. The van der Waals surface area contributed by atoms with Crippen molar-refractivity contribution in [1.82, 2.24) is 9.55 Å². The van der Waals surface area contributed by atoms with Gasteiger partial charge in [0.05, 0.1) is 16.1 Å². The zero-order valence-corrected chi connectivity index (χ0v) is 11.5. The summed E-state index contributed by atoms with van der Waals surface area (Å²) in [6.07, 6.45) is 0. The minimum atomic E-state index is -0.594. The first-order valence-electron chi connectivity index (χ1n) is 6.28. The third-order valence-electron chi connectivity index (χ3n) is 3.03. The molecule has 0 aliphatic heterocycles. The summed E-state index contributed by atoms with van der Waals surface area (Å²) in [6, 6.07) is 5.91. The van der Waals surface area contributed by atoms with Gasteiger partial charge in [-0.15, -0.1) is 0 Å². The number of nitro groups is 1. The number of aromatic amines is 1. The molecule has 0 fully saturated rings. The molecule has 0 radical (unpaired) electrons. The predicted molar refractivity (Wildman–Crippen MR) is 78.6 cm³/mol. The van der Waals surface area contributed by atoms with Crippen LogP contribution in [0.5, 0.6) is 0 Å². The summed E-state index contributed by atoms with van der Waals surface area (Å²) in [7, 11) is 1.31. The molecule has 0 bridgehead atoms. The van der Waals surface area contributed by atoms with E-state index in [1.165, 1.54) is 25.2 Å². The fourth-order valence-electron chi connectivity index (χ4n) is 2.02. The van der Waals surface area contributed by atoms with E-state index in [4.69, 9.17) is 0 Å². The van der Waals surface area contributed by atoms with Crippen molar-refractivity contribution < 1.29 is 4.92 Å². The van der Waals surface area contributed by atoms with Crippen LogP contribution < -0.4 is 16.6 Å². The van der Waals surface area contributed by atoms with Crippen molar-refractivity contribution in [3.63, 3.8) is 0 Å². The molecule has 8 heteroatoms. The number of nitro benzene ring substituents is 1. The van der Waals surface area contributed by atoms with E-state index in [0.29, 0.717) is 6.54 Å². The zero-order valence-electron chi connectivity index (χ0n) is 11.5. The van der Waals surface area contributed by atoms with Crippen LogP contribution in [-0.2, 0) is 7.05 Å². The van der Waals surface area contributed by atoms with Gasteiger partial charge in [-0.05, 0) is 13.0 Å². The van der Waals surface area contributed by atoms with E-state index >= 15 is 0 Å². The van der Waals surface area contributed by atoms with Gasteiger partial charge in [-0.25, -0.2) is 4.79 Å². The molecule has 21 heavy (non-hydrogen) atoms. The number of hydrogen-bond acceptors (Lipinski definition) is 5. The maximum Gasteiger partial charge on any atom is 0.329 e. The second-order valence-corrected chi connectivity index (χ2v) is 4.35. The molecule has 110 valence electrons. The molecule has 0 aliphatic carbocycles. The van der Waals surface area contributed by atoms with Crippen LogP contribution in [0, 0.1) is 10.1 Å². The average molecular weight is 290 g/mol. The second kappa shape index (κ2) is 5.61. The van der Waals surface area contributed by atoms with Gasteiger partial charge in [0.25, 0.3) is 11.2 Å². The molecule has 1 heterocycles. The molecule has 2 N–H and O–H groups in total. The molecule has 0 unspecified atom stereocenters. The number of rotatable bonds is 4. The predicted octanol–water partition coefficient (Wildman–Crippen LogP) is 1.08. The Morgan fingerprint density at radius 1 is 1.33 bits per heavy atom. The van der Waals surface area contributed by atoms with E-state index < -0.39 is 16.2 Å². The van der Waals surface area contributed by atoms with Crippen LogP contribution in [0.3, 0.4) is 0 Å². The molecule has 1 aromatic carbocycles. The first kappa shape index (κ1) is 14.5. The maximum atomic E-state index is 12.3. The van der Waals surface area contributed by atoms with Crippen molar-refractivity contribution in [3.05, 3.63) is 55.2 Å². The van der Waals surface area contributed by atoms with Crippen molar-refractivity contribution in [2.24, 2.45) is 7.05 Å². The molecule has 1 aromatic heterocycles. The van der Waals surface area contributed by atoms with Crippen molar-refractivity contribution in [2.75, 3.05) is 11.9 Å². The van der Waals surface area contributed by atoms with Gasteiger partial charge in [-0.1, -0.05) is 12.1 Å². The van der Waals surface area contributed by atoms with Crippen molar-refractivity contribution in [1.29, 1.82) is 0 Å². The summed E-state index contributed by atoms with van der Waals surface area (Å²) in [4.78, 5) is 37.1. The quantitative estimate of drug-likeness (QED) is 0.646. The van der Waals surface area contributed by atoms with Crippen molar-refractivity contribution in [3.8, 4) is 11.1 Å². The Morgan fingerprint density at radius 3 is 2.62 bits per heavy atom. The Morgan fingerprint density at radius 2 is 2.00 bits per heavy atom. The van der Waals surface area contributed by atoms with Gasteiger partial charge >= 0.3 is 5.69 Å². The zero-order chi connectivity index (χ0) is 15.6. The van der Waals surface area contributed by atoms with E-state index in [1.54, 1.807) is 13.0 Å². The van der Waals surface area contributed by atoms with Crippen molar-refractivity contribution >= 4 is 11.5 Å². The first-order valence-corrected chi connectivity index (χ1v) is 6.28. The highest BCUT2D eigenvalue weighted by molar-refractivity contribution is 5.80. The number of hydrogen-bond donors (Lipinski definition) is 2. The molecule has 0 aliphatic rings. The standard InChI is InChI=1S/C13H14N4O4/c1-3-14-11-10(12(18)16(2)13(19)15-11)8-6-4-5-7-9(8)17(20)21/h4-7,14H,3H2,1-2H3,(H,15,19). The van der Waals surface area contributed by atoms with Gasteiger partial charge in [-0.3, -0.25) is 24.5 Å². The van der Waals surface area contributed by atoms with Gasteiger partial charge in [-0.2, -0.15) is 0 Å². The van der Waals surface area contributed by atoms with Crippen LogP contribution in [0.1, 0.15) is 6.92 Å². The van der Waals surface area contributed by atoms with Crippen LogP contribution in [0.15, 0.2) is 33.9 Å². The lowest BCUT2D eigenvalue weighted by Crippen LogP contribution is -2.34. The summed E-state index contributed by atoms with van der Waals surface area (Å²) >= 11 is 0. The third-order valence-corrected chi connectivity index (χ3v) is 3.03. The van der Waals surface area contributed by atoms with Crippen LogP contribution in [0.2, 0.25) is 0 Å². The Labute approximate surface area is 119 Å². The topological polar surface area (TPSA) is 110 Å².